The highest BCUT2D eigenvalue weighted by molar-refractivity contribution is 6.34. The Labute approximate surface area is 164 Å². The second kappa shape index (κ2) is 9.08. The molecule has 2 rings (SSSR count). The normalized spacial score (nSPS) is 19.7. The number of nitrogens with zero attached hydrogens (tertiary/aromatic N) is 1. The molecule has 148 valence electrons. The van der Waals surface area contributed by atoms with Gasteiger partial charge in [-0.05, 0) is 36.5 Å². The number of amides is 3. The van der Waals surface area contributed by atoms with E-state index in [1.165, 1.54) is 11.0 Å². The molecular formula is C19H26ClN3O4. The second-order valence-corrected chi connectivity index (χ2v) is 7.92. The second-order valence-electron chi connectivity index (χ2n) is 7.51. The molecule has 0 aromatic heterocycles. The summed E-state index contributed by atoms with van der Waals surface area (Å²) in [7, 11) is 0. The molecule has 0 aliphatic carbocycles. The average molecular weight is 396 g/mol. The predicted molar refractivity (Wildman–Crippen MR) is 104 cm³/mol. The molecule has 0 bridgehead atoms. The summed E-state index contributed by atoms with van der Waals surface area (Å²) in [5, 5.41) is 15.0. The Morgan fingerprint density at radius 3 is 2.59 bits per heavy atom. The van der Waals surface area contributed by atoms with Gasteiger partial charge in [0.05, 0.1) is 16.5 Å². The molecule has 0 saturated carbocycles. The van der Waals surface area contributed by atoms with E-state index in [1.807, 2.05) is 20.8 Å². The summed E-state index contributed by atoms with van der Waals surface area (Å²) in [6.45, 7) is 7.14. The van der Waals surface area contributed by atoms with Gasteiger partial charge >= 0.3 is 12.0 Å². The summed E-state index contributed by atoms with van der Waals surface area (Å²) in [6, 6.07) is 4.31. The number of piperidine rings is 1. The summed E-state index contributed by atoms with van der Waals surface area (Å²) in [5.74, 6) is -1.27. The van der Waals surface area contributed by atoms with Crippen LogP contribution in [0.1, 0.15) is 37.6 Å². The van der Waals surface area contributed by atoms with Gasteiger partial charge in [-0.25, -0.2) is 4.79 Å². The number of aliphatic carboxylic acids is 1. The van der Waals surface area contributed by atoms with Crippen LogP contribution in [0.4, 0.5) is 10.5 Å². The number of carboxylic acids is 1. The molecular weight excluding hydrogens is 370 g/mol. The quantitative estimate of drug-likeness (QED) is 0.712. The molecule has 7 nitrogen and oxygen atoms in total. The Hall–Kier alpha value is -2.28. The number of carboxylic acid groups (broad SMARTS) is 1. The van der Waals surface area contributed by atoms with E-state index in [1.54, 1.807) is 12.1 Å². The van der Waals surface area contributed by atoms with E-state index < -0.39 is 11.9 Å². The van der Waals surface area contributed by atoms with Gasteiger partial charge in [0.1, 0.15) is 0 Å². The van der Waals surface area contributed by atoms with E-state index in [-0.39, 0.29) is 29.4 Å². The Balaban J connectivity index is 2.02. The number of halogens is 1. The van der Waals surface area contributed by atoms with E-state index in [0.29, 0.717) is 36.7 Å². The lowest BCUT2D eigenvalue weighted by molar-refractivity contribution is -0.143. The predicted octanol–water partition coefficient (Wildman–Crippen LogP) is 3.30. The van der Waals surface area contributed by atoms with Gasteiger partial charge in [0.15, 0.2) is 0 Å². The van der Waals surface area contributed by atoms with Gasteiger partial charge in [-0.1, -0.05) is 32.4 Å². The highest BCUT2D eigenvalue weighted by Gasteiger charge is 2.32. The number of likely N-dealkylation sites (tertiary alicyclic amines) is 1. The van der Waals surface area contributed by atoms with Gasteiger partial charge in [0, 0.05) is 25.3 Å². The average Bonchev–Trinajstić information content (AvgIpc) is 2.59. The van der Waals surface area contributed by atoms with Crippen molar-refractivity contribution in [3.8, 4) is 0 Å². The molecule has 3 amide bonds. The van der Waals surface area contributed by atoms with Crippen LogP contribution in [-0.4, -0.2) is 47.5 Å². The molecule has 1 fully saturated rings. The van der Waals surface area contributed by atoms with Gasteiger partial charge in [0.25, 0.3) is 5.91 Å². The molecule has 3 N–H and O–H groups in total. The Morgan fingerprint density at radius 2 is 2.00 bits per heavy atom. The molecule has 8 heteroatoms. The van der Waals surface area contributed by atoms with E-state index in [4.69, 9.17) is 11.6 Å². The fourth-order valence-corrected chi connectivity index (χ4v) is 3.33. The van der Waals surface area contributed by atoms with Crippen LogP contribution in [0.25, 0.3) is 0 Å². The van der Waals surface area contributed by atoms with Crippen molar-refractivity contribution < 1.29 is 19.5 Å². The van der Waals surface area contributed by atoms with E-state index in [0.717, 1.165) is 0 Å². The van der Waals surface area contributed by atoms with Crippen molar-refractivity contribution in [2.75, 3.05) is 25.0 Å². The van der Waals surface area contributed by atoms with E-state index in [9.17, 15) is 19.5 Å². The molecule has 1 heterocycles. The number of urea groups is 1. The Bertz CT molecular complexity index is 723. The van der Waals surface area contributed by atoms with Gasteiger partial charge in [0.2, 0.25) is 0 Å². The number of carbonyl (C=O) groups is 3. The molecule has 0 spiro atoms. The third kappa shape index (κ3) is 5.85. The molecule has 0 radical (unpaired) electrons. The number of hydrogen-bond donors (Lipinski definition) is 3. The SMILES string of the molecule is CC(C)CNC(=O)c1ccc(NC(=O)N2CC(C)CC(C(=O)O)C2)cc1Cl. The zero-order valence-corrected chi connectivity index (χ0v) is 16.5. The van der Waals surface area contributed by atoms with Crippen LogP contribution in [0.15, 0.2) is 18.2 Å². The van der Waals surface area contributed by atoms with E-state index in [2.05, 4.69) is 10.6 Å². The first-order valence-electron chi connectivity index (χ1n) is 9.03. The smallest absolute Gasteiger partial charge is 0.321 e. The molecule has 27 heavy (non-hydrogen) atoms. The minimum absolute atomic E-state index is 0.112. The van der Waals surface area contributed by atoms with Crippen LogP contribution < -0.4 is 10.6 Å². The van der Waals surface area contributed by atoms with Crippen molar-refractivity contribution in [3.63, 3.8) is 0 Å². The summed E-state index contributed by atoms with van der Waals surface area (Å²) < 4.78 is 0. The summed E-state index contributed by atoms with van der Waals surface area (Å²) in [6.07, 6.45) is 0.561. The Kier molecular flexibility index (Phi) is 7.07. The lowest BCUT2D eigenvalue weighted by Crippen LogP contribution is -2.47. The maximum atomic E-state index is 12.5. The topological polar surface area (TPSA) is 98.7 Å². The Morgan fingerprint density at radius 1 is 1.30 bits per heavy atom. The molecule has 1 saturated heterocycles. The number of benzene rings is 1. The molecule has 2 unspecified atom stereocenters. The minimum Gasteiger partial charge on any atom is -0.481 e. The number of rotatable bonds is 5. The maximum absolute atomic E-state index is 12.5. The first kappa shape index (κ1) is 21.0. The third-order valence-corrected chi connectivity index (χ3v) is 4.74. The van der Waals surface area contributed by atoms with Gasteiger partial charge < -0.3 is 20.6 Å². The first-order chi connectivity index (χ1) is 12.7. The number of carbonyl (C=O) groups excluding carboxylic acids is 2. The van der Waals surface area contributed by atoms with Crippen LogP contribution in [-0.2, 0) is 4.79 Å². The van der Waals surface area contributed by atoms with Gasteiger partial charge in [-0.3, -0.25) is 9.59 Å². The van der Waals surface area contributed by atoms with Crippen LogP contribution in [0, 0.1) is 17.8 Å². The lowest BCUT2D eigenvalue weighted by atomic mass is 9.91. The van der Waals surface area contributed by atoms with Crippen LogP contribution in [0.3, 0.4) is 0 Å². The number of nitrogens with one attached hydrogen (secondary N) is 2. The zero-order valence-electron chi connectivity index (χ0n) is 15.8. The maximum Gasteiger partial charge on any atom is 0.321 e. The summed E-state index contributed by atoms with van der Waals surface area (Å²) in [5.41, 5.74) is 0.795. The van der Waals surface area contributed by atoms with Gasteiger partial charge in [-0.15, -0.1) is 0 Å². The molecule has 2 atom stereocenters. The first-order valence-corrected chi connectivity index (χ1v) is 9.41. The van der Waals surface area contributed by atoms with Crippen molar-refractivity contribution >= 4 is 35.2 Å². The van der Waals surface area contributed by atoms with Crippen molar-refractivity contribution in [1.29, 1.82) is 0 Å². The van der Waals surface area contributed by atoms with Gasteiger partial charge in [-0.2, -0.15) is 0 Å². The fraction of sp³-hybridized carbons (Fsp3) is 0.526. The number of hydrogen-bond acceptors (Lipinski definition) is 3. The molecule has 1 aromatic carbocycles. The van der Waals surface area contributed by atoms with Crippen molar-refractivity contribution in [3.05, 3.63) is 28.8 Å². The van der Waals surface area contributed by atoms with Crippen molar-refractivity contribution in [2.45, 2.75) is 27.2 Å². The van der Waals surface area contributed by atoms with Crippen LogP contribution in [0.2, 0.25) is 5.02 Å². The summed E-state index contributed by atoms with van der Waals surface area (Å²) in [4.78, 5) is 37.4. The van der Waals surface area contributed by atoms with E-state index >= 15 is 0 Å². The van der Waals surface area contributed by atoms with Crippen molar-refractivity contribution in [2.24, 2.45) is 17.8 Å². The van der Waals surface area contributed by atoms with Crippen LogP contribution in [0.5, 0.6) is 0 Å². The summed E-state index contributed by atoms with van der Waals surface area (Å²) >= 11 is 6.19. The van der Waals surface area contributed by atoms with Crippen LogP contribution >= 0.6 is 11.6 Å². The molecule has 1 aromatic rings. The molecule has 1 aliphatic rings. The highest BCUT2D eigenvalue weighted by Crippen LogP contribution is 2.24. The lowest BCUT2D eigenvalue weighted by Gasteiger charge is -2.34. The fourth-order valence-electron chi connectivity index (χ4n) is 3.07. The number of anilines is 1. The molecule has 1 aliphatic heterocycles. The third-order valence-electron chi connectivity index (χ3n) is 4.43. The zero-order chi connectivity index (χ0) is 20.1. The minimum atomic E-state index is -0.890. The standard InChI is InChI=1S/C19H26ClN3O4/c1-11(2)8-21-17(24)15-5-4-14(7-16(15)20)22-19(27)23-9-12(3)6-13(10-23)18(25)26/h4-5,7,11-13H,6,8-10H2,1-3H3,(H,21,24)(H,22,27)(H,25,26). The monoisotopic (exact) mass is 395 g/mol. The highest BCUT2D eigenvalue weighted by atomic mass is 35.5. The largest absolute Gasteiger partial charge is 0.481 e. The van der Waals surface area contributed by atoms with Crippen molar-refractivity contribution in [1.82, 2.24) is 10.2 Å².